The average Bonchev–Trinajstić information content (AvgIpc) is 2.96. The molecule has 0 fully saturated rings. The summed E-state index contributed by atoms with van der Waals surface area (Å²) in [5.41, 5.74) is 0.420. The monoisotopic (exact) mass is 346 g/mol. The molecule has 0 aliphatic rings. The topological polar surface area (TPSA) is 54.3 Å². The molecule has 2 N–H and O–H groups in total. The SMILES string of the molecule is C[C@@H](NCC(=O)Nc1cc(Cl)c(Cl)cc1Cl)c1ccco1. The van der Waals surface area contributed by atoms with Gasteiger partial charge in [0.25, 0.3) is 0 Å². The number of rotatable bonds is 5. The van der Waals surface area contributed by atoms with E-state index in [0.29, 0.717) is 20.8 Å². The Labute approximate surface area is 137 Å². The number of halogens is 3. The summed E-state index contributed by atoms with van der Waals surface area (Å²) in [6.07, 6.45) is 1.59. The molecule has 7 heteroatoms. The van der Waals surface area contributed by atoms with Gasteiger partial charge >= 0.3 is 0 Å². The molecule has 1 atom stereocenters. The normalized spacial score (nSPS) is 12.2. The van der Waals surface area contributed by atoms with Crippen LogP contribution in [0.25, 0.3) is 0 Å². The molecule has 0 radical (unpaired) electrons. The number of furan rings is 1. The second-order valence-corrected chi connectivity index (χ2v) is 5.63. The lowest BCUT2D eigenvalue weighted by Gasteiger charge is -2.12. The van der Waals surface area contributed by atoms with Crippen LogP contribution in [0.2, 0.25) is 15.1 Å². The van der Waals surface area contributed by atoms with Crippen LogP contribution >= 0.6 is 34.8 Å². The standard InChI is InChI=1S/C14H13Cl3N2O2/c1-8(13-3-2-4-21-13)18-7-14(20)19-12-6-10(16)9(15)5-11(12)17/h2-6,8,18H,7H2,1H3,(H,19,20)/t8-/m1/s1. The van der Waals surface area contributed by atoms with E-state index in [9.17, 15) is 4.79 Å². The number of anilines is 1. The van der Waals surface area contributed by atoms with Crippen LogP contribution in [-0.4, -0.2) is 12.5 Å². The van der Waals surface area contributed by atoms with Gasteiger partial charge in [0.05, 0.1) is 39.6 Å². The van der Waals surface area contributed by atoms with Crippen LogP contribution < -0.4 is 10.6 Å². The molecule has 1 aromatic heterocycles. The Hall–Kier alpha value is -1.20. The maximum atomic E-state index is 11.9. The molecular weight excluding hydrogens is 335 g/mol. The zero-order valence-electron chi connectivity index (χ0n) is 11.1. The van der Waals surface area contributed by atoms with Crippen molar-refractivity contribution in [3.63, 3.8) is 0 Å². The van der Waals surface area contributed by atoms with Crippen LogP contribution in [-0.2, 0) is 4.79 Å². The summed E-state index contributed by atoms with van der Waals surface area (Å²) in [4.78, 5) is 11.9. The molecular formula is C14H13Cl3N2O2. The molecule has 0 unspecified atom stereocenters. The van der Waals surface area contributed by atoms with Gasteiger partial charge in [-0.05, 0) is 31.2 Å². The maximum Gasteiger partial charge on any atom is 0.238 e. The smallest absolute Gasteiger partial charge is 0.238 e. The lowest BCUT2D eigenvalue weighted by atomic mass is 10.2. The van der Waals surface area contributed by atoms with Crippen molar-refractivity contribution < 1.29 is 9.21 Å². The third-order valence-electron chi connectivity index (χ3n) is 2.82. The van der Waals surface area contributed by atoms with Crippen LogP contribution in [0.1, 0.15) is 18.7 Å². The van der Waals surface area contributed by atoms with E-state index >= 15 is 0 Å². The van der Waals surface area contributed by atoms with Gasteiger partial charge in [0, 0.05) is 0 Å². The summed E-state index contributed by atoms with van der Waals surface area (Å²) in [7, 11) is 0. The number of carbonyl (C=O) groups is 1. The van der Waals surface area contributed by atoms with E-state index < -0.39 is 0 Å². The fraction of sp³-hybridized carbons (Fsp3) is 0.214. The van der Waals surface area contributed by atoms with E-state index in [4.69, 9.17) is 39.2 Å². The zero-order valence-corrected chi connectivity index (χ0v) is 13.4. The number of benzene rings is 1. The van der Waals surface area contributed by atoms with Gasteiger partial charge < -0.3 is 9.73 Å². The lowest BCUT2D eigenvalue weighted by molar-refractivity contribution is -0.115. The fourth-order valence-electron chi connectivity index (χ4n) is 1.70. The summed E-state index contributed by atoms with van der Waals surface area (Å²) in [6.45, 7) is 2.01. The molecule has 4 nitrogen and oxygen atoms in total. The van der Waals surface area contributed by atoms with Crippen molar-refractivity contribution in [3.8, 4) is 0 Å². The Kier molecular flexibility index (Phi) is 5.53. The van der Waals surface area contributed by atoms with Gasteiger partial charge in [-0.15, -0.1) is 0 Å². The third-order valence-corrected chi connectivity index (χ3v) is 3.86. The van der Waals surface area contributed by atoms with E-state index in [2.05, 4.69) is 10.6 Å². The first-order valence-corrected chi connectivity index (χ1v) is 7.32. The largest absolute Gasteiger partial charge is 0.468 e. The predicted molar refractivity (Wildman–Crippen MR) is 85.2 cm³/mol. The van der Waals surface area contributed by atoms with Gasteiger partial charge in [-0.25, -0.2) is 0 Å². The zero-order chi connectivity index (χ0) is 15.4. The van der Waals surface area contributed by atoms with Crippen LogP contribution in [0.3, 0.4) is 0 Å². The van der Waals surface area contributed by atoms with Gasteiger partial charge in [0.1, 0.15) is 5.76 Å². The first kappa shape index (κ1) is 16.2. The summed E-state index contributed by atoms with van der Waals surface area (Å²) in [6, 6.07) is 6.56. The van der Waals surface area contributed by atoms with Crippen molar-refractivity contribution in [2.24, 2.45) is 0 Å². The minimum absolute atomic E-state index is 0.0740. The van der Waals surface area contributed by atoms with Crippen LogP contribution in [0, 0.1) is 0 Å². The first-order chi connectivity index (χ1) is 9.97. The quantitative estimate of drug-likeness (QED) is 0.781. The van der Waals surface area contributed by atoms with Gasteiger partial charge in [0.2, 0.25) is 5.91 Å². The van der Waals surface area contributed by atoms with Gasteiger partial charge in [-0.3, -0.25) is 10.1 Å². The highest BCUT2D eigenvalue weighted by Gasteiger charge is 2.12. The summed E-state index contributed by atoms with van der Waals surface area (Å²) >= 11 is 17.7. The number of hydrogen-bond donors (Lipinski definition) is 2. The number of carbonyl (C=O) groups excluding carboxylic acids is 1. The summed E-state index contributed by atoms with van der Waals surface area (Å²) < 4.78 is 5.25. The minimum Gasteiger partial charge on any atom is -0.468 e. The molecule has 0 aliphatic heterocycles. The lowest BCUT2D eigenvalue weighted by Crippen LogP contribution is -2.30. The Morgan fingerprint density at radius 2 is 1.95 bits per heavy atom. The summed E-state index contributed by atoms with van der Waals surface area (Å²) in [5, 5.41) is 6.71. The second-order valence-electron chi connectivity index (χ2n) is 4.41. The Bertz CT molecular complexity index is 629. The molecule has 0 aliphatic carbocycles. The third kappa shape index (κ3) is 4.38. The van der Waals surface area contributed by atoms with Gasteiger partial charge in [-0.1, -0.05) is 34.8 Å². The molecule has 2 aromatic rings. The Morgan fingerprint density at radius 3 is 2.62 bits per heavy atom. The van der Waals surface area contributed by atoms with Crippen LogP contribution in [0.15, 0.2) is 34.9 Å². The van der Waals surface area contributed by atoms with Crippen molar-refractivity contribution in [2.45, 2.75) is 13.0 Å². The minimum atomic E-state index is -0.242. The number of hydrogen-bond acceptors (Lipinski definition) is 3. The molecule has 0 spiro atoms. The van der Waals surface area contributed by atoms with Crippen molar-refractivity contribution in [3.05, 3.63) is 51.4 Å². The average molecular weight is 348 g/mol. The molecule has 1 aromatic carbocycles. The van der Waals surface area contributed by atoms with E-state index in [0.717, 1.165) is 5.76 Å². The molecule has 2 rings (SSSR count). The molecule has 0 saturated carbocycles. The second kappa shape index (κ2) is 7.18. The molecule has 112 valence electrons. The van der Waals surface area contributed by atoms with E-state index in [1.807, 2.05) is 13.0 Å². The highest BCUT2D eigenvalue weighted by Crippen LogP contribution is 2.32. The fourth-order valence-corrected chi connectivity index (χ4v) is 2.29. The Balaban J connectivity index is 1.92. The van der Waals surface area contributed by atoms with Crippen molar-refractivity contribution in [2.75, 3.05) is 11.9 Å². The van der Waals surface area contributed by atoms with Crippen molar-refractivity contribution >= 4 is 46.4 Å². The molecule has 1 heterocycles. The Morgan fingerprint density at radius 1 is 1.24 bits per heavy atom. The van der Waals surface area contributed by atoms with E-state index in [1.165, 1.54) is 12.1 Å². The van der Waals surface area contributed by atoms with Gasteiger partial charge in [-0.2, -0.15) is 0 Å². The van der Waals surface area contributed by atoms with Crippen LogP contribution in [0.5, 0.6) is 0 Å². The highest BCUT2D eigenvalue weighted by molar-refractivity contribution is 6.44. The molecule has 1 amide bonds. The predicted octanol–water partition coefficient (Wildman–Crippen LogP) is 4.53. The highest BCUT2D eigenvalue weighted by atomic mass is 35.5. The number of amides is 1. The molecule has 21 heavy (non-hydrogen) atoms. The van der Waals surface area contributed by atoms with Crippen molar-refractivity contribution in [1.82, 2.24) is 5.32 Å². The summed E-state index contributed by atoms with van der Waals surface area (Å²) in [5.74, 6) is 0.518. The first-order valence-electron chi connectivity index (χ1n) is 6.18. The van der Waals surface area contributed by atoms with Crippen LogP contribution in [0.4, 0.5) is 5.69 Å². The molecule has 0 bridgehead atoms. The van der Waals surface area contributed by atoms with Gasteiger partial charge in [0.15, 0.2) is 0 Å². The number of nitrogens with one attached hydrogen (secondary N) is 2. The van der Waals surface area contributed by atoms with Crippen molar-refractivity contribution in [1.29, 1.82) is 0 Å². The molecule has 0 saturated heterocycles. The van der Waals surface area contributed by atoms with E-state index in [-0.39, 0.29) is 18.5 Å². The maximum absolute atomic E-state index is 11.9. The van der Waals surface area contributed by atoms with E-state index in [1.54, 1.807) is 12.3 Å².